The van der Waals surface area contributed by atoms with Crippen LogP contribution in [0.15, 0.2) is 11.1 Å². The number of rotatable bonds is 3. The van der Waals surface area contributed by atoms with Gasteiger partial charge in [0.1, 0.15) is 5.78 Å². The number of carbonyl (C=O) groups is 1. The van der Waals surface area contributed by atoms with Crippen molar-refractivity contribution in [2.45, 2.75) is 72.0 Å². The highest BCUT2D eigenvalue weighted by molar-refractivity contribution is 6.74. The highest BCUT2D eigenvalue weighted by atomic mass is 28.4. The molecule has 0 aliphatic heterocycles. The number of ketones is 1. The summed E-state index contributed by atoms with van der Waals surface area (Å²) >= 11 is 0. The first-order valence-corrected chi connectivity index (χ1v) is 10.3. The van der Waals surface area contributed by atoms with Crippen LogP contribution in [-0.4, -0.2) is 20.7 Å². The van der Waals surface area contributed by atoms with Crippen LogP contribution in [0.4, 0.5) is 0 Å². The van der Waals surface area contributed by atoms with Gasteiger partial charge in [-0.1, -0.05) is 33.3 Å². The van der Waals surface area contributed by atoms with Crippen LogP contribution in [0, 0.1) is 5.92 Å². The zero-order valence-corrected chi connectivity index (χ0v) is 14.7. The lowest BCUT2D eigenvalue weighted by Gasteiger charge is -2.36. The van der Waals surface area contributed by atoms with E-state index in [1.807, 2.05) is 6.92 Å². The van der Waals surface area contributed by atoms with Gasteiger partial charge in [-0.15, -0.1) is 0 Å². The SMILES string of the molecule is CC1=C(CO[Si](C)(C)C(C)(C)C)CC(C)C(=O)CC1. The van der Waals surface area contributed by atoms with Crippen molar-refractivity contribution in [3.63, 3.8) is 0 Å². The highest BCUT2D eigenvalue weighted by Crippen LogP contribution is 2.37. The van der Waals surface area contributed by atoms with Crippen LogP contribution >= 0.6 is 0 Å². The summed E-state index contributed by atoms with van der Waals surface area (Å²) in [6.07, 6.45) is 2.51. The van der Waals surface area contributed by atoms with Gasteiger partial charge in [0.2, 0.25) is 0 Å². The standard InChI is InChI=1S/C16H30O2Si/c1-12-8-9-15(17)13(2)10-14(12)11-18-19(6,7)16(3,4)5/h13H,8-11H2,1-7H3. The van der Waals surface area contributed by atoms with Crippen molar-refractivity contribution in [3.05, 3.63) is 11.1 Å². The number of Topliss-reactive ketones (excluding diaryl/α,β-unsaturated/α-hetero) is 1. The van der Waals surface area contributed by atoms with Crippen molar-refractivity contribution in [3.8, 4) is 0 Å². The Labute approximate surface area is 119 Å². The summed E-state index contributed by atoms with van der Waals surface area (Å²) in [6, 6.07) is 0. The Kier molecular flexibility index (Phi) is 5.19. The number of hydrogen-bond donors (Lipinski definition) is 0. The van der Waals surface area contributed by atoms with Crippen LogP contribution in [0.5, 0.6) is 0 Å². The minimum Gasteiger partial charge on any atom is -0.413 e. The van der Waals surface area contributed by atoms with Gasteiger partial charge in [-0.2, -0.15) is 0 Å². The fourth-order valence-corrected chi connectivity index (χ4v) is 3.03. The summed E-state index contributed by atoms with van der Waals surface area (Å²) in [4.78, 5) is 11.8. The van der Waals surface area contributed by atoms with E-state index in [0.29, 0.717) is 12.2 Å². The molecule has 2 nitrogen and oxygen atoms in total. The van der Waals surface area contributed by atoms with Gasteiger partial charge in [0.25, 0.3) is 0 Å². The average molecular weight is 283 g/mol. The normalized spacial score (nSPS) is 22.7. The van der Waals surface area contributed by atoms with Gasteiger partial charge in [0.05, 0.1) is 6.61 Å². The predicted molar refractivity (Wildman–Crippen MR) is 83.9 cm³/mol. The molecule has 1 rings (SSSR count). The molecule has 1 atom stereocenters. The third kappa shape index (κ3) is 4.28. The molecule has 0 fully saturated rings. The first kappa shape index (κ1) is 16.6. The molecule has 3 heteroatoms. The molecule has 0 aromatic carbocycles. The Morgan fingerprint density at radius 1 is 1.26 bits per heavy atom. The van der Waals surface area contributed by atoms with Gasteiger partial charge in [-0.25, -0.2) is 0 Å². The molecule has 1 aliphatic rings. The summed E-state index contributed by atoms with van der Waals surface area (Å²) in [6.45, 7) is 16.3. The molecule has 0 heterocycles. The van der Waals surface area contributed by atoms with E-state index in [1.165, 1.54) is 11.1 Å². The molecule has 0 spiro atoms. The predicted octanol–water partition coefficient (Wildman–Crippen LogP) is 4.71. The molecule has 0 aromatic heterocycles. The Balaban J connectivity index is 2.73. The van der Waals surface area contributed by atoms with Gasteiger partial charge in [0, 0.05) is 12.3 Å². The monoisotopic (exact) mass is 282 g/mol. The van der Waals surface area contributed by atoms with E-state index in [1.54, 1.807) is 0 Å². The maximum absolute atomic E-state index is 11.8. The Morgan fingerprint density at radius 2 is 1.84 bits per heavy atom. The van der Waals surface area contributed by atoms with E-state index in [-0.39, 0.29) is 11.0 Å². The summed E-state index contributed by atoms with van der Waals surface area (Å²) in [5.41, 5.74) is 2.74. The molecule has 0 bridgehead atoms. The molecule has 110 valence electrons. The van der Waals surface area contributed by atoms with Crippen LogP contribution < -0.4 is 0 Å². The average Bonchev–Trinajstić information content (AvgIpc) is 2.39. The smallest absolute Gasteiger partial charge is 0.192 e. The fourth-order valence-electron chi connectivity index (χ4n) is 2.06. The molecule has 0 saturated carbocycles. The van der Waals surface area contributed by atoms with Gasteiger partial charge < -0.3 is 4.43 Å². The molecule has 0 amide bonds. The maximum atomic E-state index is 11.8. The third-order valence-electron chi connectivity index (χ3n) is 4.87. The van der Waals surface area contributed by atoms with Crippen LogP contribution in [-0.2, 0) is 9.22 Å². The molecular formula is C16H30O2Si. The number of carbonyl (C=O) groups excluding carboxylic acids is 1. The summed E-state index contributed by atoms with van der Waals surface area (Å²) in [5, 5.41) is 0.244. The van der Waals surface area contributed by atoms with Crippen molar-refractivity contribution in [1.29, 1.82) is 0 Å². The Bertz CT molecular complexity index is 375. The van der Waals surface area contributed by atoms with Crippen molar-refractivity contribution in [1.82, 2.24) is 0 Å². The minimum atomic E-state index is -1.69. The fraction of sp³-hybridized carbons (Fsp3) is 0.812. The summed E-state index contributed by atoms with van der Waals surface area (Å²) in [5.74, 6) is 0.567. The zero-order chi connectivity index (χ0) is 14.8. The van der Waals surface area contributed by atoms with Crippen molar-refractivity contribution in [2.24, 2.45) is 5.92 Å². The molecule has 0 N–H and O–H groups in total. The number of hydrogen-bond acceptors (Lipinski definition) is 2. The molecule has 0 aromatic rings. The summed E-state index contributed by atoms with van der Waals surface area (Å²) < 4.78 is 6.31. The summed E-state index contributed by atoms with van der Waals surface area (Å²) in [7, 11) is -1.69. The van der Waals surface area contributed by atoms with E-state index >= 15 is 0 Å². The molecule has 19 heavy (non-hydrogen) atoms. The maximum Gasteiger partial charge on any atom is 0.192 e. The van der Waals surface area contributed by atoms with E-state index in [0.717, 1.165) is 19.4 Å². The van der Waals surface area contributed by atoms with E-state index < -0.39 is 8.32 Å². The van der Waals surface area contributed by atoms with Gasteiger partial charge in [0.15, 0.2) is 8.32 Å². The van der Waals surface area contributed by atoms with Gasteiger partial charge in [-0.05, 0) is 43.5 Å². The topological polar surface area (TPSA) is 26.3 Å². The van der Waals surface area contributed by atoms with Crippen LogP contribution in [0.3, 0.4) is 0 Å². The largest absolute Gasteiger partial charge is 0.413 e. The Morgan fingerprint density at radius 3 is 2.37 bits per heavy atom. The first-order valence-electron chi connectivity index (χ1n) is 7.39. The van der Waals surface area contributed by atoms with Crippen molar-refractivity contribution >= 4 is 14.1 Å². The first-order chi connectivity index (χ1) is 8.54. The van der Waals surface area contributed by atoms with Crippen LogP contribution in [0.1, 0.15) is 53.9 Å². The molecule has 1 aliphatic carbocycles. The van der Waals surface area contributed by atoms with Crippen LogP contribution in [0.2, 0.25) is 18.1 Å². The third-order valence-corrected chi connectivity index (χ3v) is 9.34. The lowest BCUT2D eigenvalue weighted by atomic mass is 9.98. The lowest BCUT2D eigenvalue weighted by Crippen LogP contribution is -2.41. The van der Waals surface area contributed by atoms with E-state index in [9.17, 15) is 4.79 Å². The van der Waals surface area contributed by atoms with E-state index in [4.69, 9.17) is 4.43 Å². The van der Waals surface area contributed by atoms with E-state index in [2.05, 4.69) is 40.8 Å². The number of allylic oxidation sites excluding steroid dienone is 1. The second-order valence-electron chi connectivity index (χ2n) is 7.50. The van der Waals surface area contributed by atoms with Gasteiger partial charge >= 0.3 is 0 Å². The molecular weight excluding hydrogens is 252 g/mol. The second kappa shape index (κ2) is 5.92. The molecule has 0 radical (unpaired) electrons. The molecule has 1 unspecified atom stereocenters. The lowest BCUT2D eigenvalue weighted by molar-refractivity contribution is -0.122. The quantitative estimate of drug-likeness (QED) is 0.553. The van der Waals surface area contributed by atoms with Crippen molar-refractivity contribution < 1.29 is 9.22 Å². The van der Waals surface area contributed by atoms with Gasteiger partial charge in [-0.3, -0.25) is 4.79 Å². The second-order valence-corrected chi connectivity index (χ2v) is 12.3. The highest BCUT2D eigenvalue weighted by Gasteiger charge is 2.37. The minimum absolute atomic E-state index is 0.162. The van der Waals surface area contributed by atoms with Crippen LogP contribution in [0.25, 0.3) is 0 Å². The zero-order valence-electron chi connectivity index (χ0n) is 13.7. The van der Waals surface area contributed by atoms with Crippen molar-refractivity contribution in [2.75, 3.05) is 6.61 Å². The Hall–Kier alpha value is -0.413. The molecule has 0 saturated heterocycles.